The molecule has 0 rings (SSSR count). The smallest absolute Gasteiger partial charge is 0.320 e. The molecule has 27 heavy (non-hydrogen) atoms. The molecule has 12 N–H and O–H groups in total. The number of rotatable bonds is 10. The minimum Gasteiger partial charge on any atom is -0.481 e. The first kappa shape index (κ1) is 29.5. The number of carbonyl (C=O) groups is 4. The van der Waals surface area contributed by atoms with Crippen molar-refractivity contribution in [2.45, 2.75) is 57.7 Å². The third-order valence-corrected chi connectivity index (χ3v) is 3.03. The molecule has 0 amide bonds. The summed E-state index contributed by atoms with van der Waals surface area (Å²) >= 11 is 0. The van der Waals surface area contributed by atoms with Gasteiger partial charge in [-0.3, -0.25) is 19.2 Å². The average Bonchev–Trinajstić information content (AvgIpc) is 2.57. The highest BCUT2D eigenvalue weighted by atomic mass is 16.4. The van der Waals surface area contributed by atoms with Gasteiger partial charge in [-0.15, -0.1) is 0 Å². The van der Waals surface area contributed by atoms with Crippen LogP contribution in [0.15, 0.2) is 0 Å². The summed E-state index contributed by atoms with van der Waals surface area (Å²) in [6.45, 7) is 4.05. The molecule has 0 aromatic carbocycles. The molecule has 3 atom stereocenters. The van der Waals surface area contributed by atoms with Crippen LogP contribution in [0, 0.1) is 5.92 Å². The normalized spacial score (nSPS) is 13.1. The SMILES string of the molecule is CC(C)C(N)C(=O)O.NCCCC(N)C(=O)O.N[C@@H](CCC(=O)O)C(=O)O. The van der Waals surface area contributed by atoms with Crippen molar-refractivity contribution in [3.63, 3.8) is 0 Å². The van der Waals surface area contributed by atoms with Crippen LogP contribution in [0.3, 0.4) is 0 Å². The highest BCUT2D eigenvalue weighted by molar-refractivity contribution is 5.74. The fraction of sp³-hybridized carbons (Fsp3) is 0.733. The summed E-state index contributed by atoms with van der Waals surface area (Å²) in [6.07, 6.45) is 0.914. The van der Waals surface area contributed by atoms with E-state index in [0.717, 1.165) is 0 Å². The molecule has 0 heterocycles. The maximum absolute atomic E-state index is 10.0. The maximum atomic E-state index is 10.0. The van der Waals surface area contributed by atoms with Gasteiger partial charge in [-0.1, -0.05) is 13.8 Å². The van der Waals surface area contributed by atoms with Crippen LogP contribution in [0.2, 0.25) is 0 Å². The molecule has 0 bridgehead atoms. The third kappa shape index (κ3) is 21.7. The Morgan fingerprint density at radius 2 is 1.19 bits per heavy atom. The molecule has 0 aliphatic carbocycles. The summed E-state index contributed by atoms with van der Waals surface area (Å²) in [5, 5.41) is 32.7. The van der Waals surface area contributed by atoms with Crippen molar-refractivity contribution in [2.75, 3.05) is 6.54 Å². The van der Waals surface area contributed by atoms with E-state index in [1.165, 1.54) is 0 Å². The molecule has 0 aromatic heterocycles. The number of carboxylic acids is 4. The molecule has 160 valence electrons. The molecule has 0 aliphatic rings. The van der Waals surface area contributed by atoms with E-state index in [9.17, 15) is 19.2 Å². The van der Waals surface area contributed by atoms with Gasteiger partial charge in [-0.05, 0) is 31.7 Å². The minimum atomic E-state index is -1.17. The van der Waals surface area contributed by atoms with Gasteiger partial charge in [0.2, 0.25) is 0 Å². The van der Waals surface area contributed by atoms with Gasteiger partial charge in [0.15, 0.2) is 0 Å². The summed E-state index contributed by atoms with van der Waals surface area (Å²) in [5.74, 6) is -4.06. The summed E-state index contributed by atoms with van der Waals surface area (Å²) in [4.78, 5) is 39.9. The lowest BCUT2D eigenvalue weighted by molar-refractivity contribution is -0.141. The van der Waals surface area contributed by atoms with E-state index < -0.39 is 42.0 Å². The van der Waals surface area contributed by atoms with Gasteiger partial charge in [0.05, 0.1) is 0 Å². The zero-order valence-corrected chi connectivity index (χ0v) is 15.6. The monoisotopic (exact) mass is 396 g/mol. The summed E-state index contributed by atoms with van der Waals surface area (Å²) in [5.41, 5.74) is 20.4. The molecule has 0 radical (unpaired) electrons. The van der Waals surface area contributed by atoms with Crippen LogP contribution in [-0.4, -0.2) is 69.0 Å². The molecule has 0 saturated heterocycles. The number of hydrogen-bond donors (Lipinski definition) is 8. The van der Waals surface area contributed by atoms with Crippen LogP contribution in [0.25, 0.3) is 0 Å². The second kappa shape index (κ2) is 17.1. The first-order chi connectivity index (χ1) is 12.3. The second-order valence-electron chi connectivity index (χ2n) is 5.86. The number of nitrogens with two attached hydrogens (primary N) is 4. The molecule has 0 aromatic rings. The molecule has 12 heteroatoms. The van der Waals surface area contributed by atoms with E-state index >= 15 is 0 Å². The van der Waals surface area contributed by atoms with Crippen molar-refractivity contribution >= 4 is 23.9 Å². The largest absolute Gasteiger partial charge is 0.481 e. The van der Waals surface area contributed by atoms with Gasteiger partial charge in [-0.25, -0.2) is 0 Å². The molecular formula is C15H32N4O8. The highest BCUT2D eigenvalue weighted by Gasteiger charge is 2.14. The fourth-order valence-electron chi connectivity index (χ4n) is 1.15. The summed E-state index contributed by atoms with van der Waals surface area (Å²) in [7, 11) is 0. The Labute approximate surface area is 157 Å². The predicted octanol–water partition coefficient (Wildman–Crippen LogP) is -1.55. The lowest BCUT2D eigenvalue weighted by Gasteiger charge is -2.07. The Kier molecular flexibility index (Phi) is 18.7. The molecule has 2 unspecified atom stereocenters. The molecule has 0 saturated carbocycles. The van der Waals surface area contributed by atoms with Crippen LogP contribution in [0.5, 0.6) is 0 Å². The quantitative estimate of drug-likeness (QED) is 0.209. The standard InChI is InChI=1S/C5H12N2O2.C5H9NO4.C5H11NO2/c6-3-1-2-4(7)5(8)9;6-3(5(9)10)1-2-4(7)8;1-3(2)4(6)5(7)8/h4H,1-3,6-7H2,(H,8,9);3H,1-2,6H2,(H,7,8)(H,9,10);3-4H,6H2,1-2H3,(H,7,8)/t;3-;/m.0./s1. The Bertz CT molecular complexity index is 459. The van der Waals surface area contributed by atoms with Crippen molar-refractivity contribution < 1.29 is 39.6 Å². The van der Waals surface area contributed by atoms with Crippen LogP contribution in [0.4, 0.5) is 0 Å². The molecular weight excluding hydrogens is 364 g/mol. The van der Waals surface area contributed by atoms with Crippen LogP contribution in [-0.2, 0) is 19.2 Å². The van der Waals surface area contributed by atoms with Crippen molar-refractivity contribution in [3.8, 4) is 0 Å². The summed E-state index contributed by atoms with van der Waals surface area (Å²) < 4.78 is 0. The van der Waals surface area contributed by atoms with Gasteiger partial charge < -0.3 is 43.4 Å². The lowest BCUT2D eigenvalue weighted by Crippen LogP contribution is -2.34. The molecule has 0 aliphatic heterocycles. The van der Waals surface area contributed by atoms with Gasteiger partial charge in [0, 0.05) is 6.42 Å². The Morgan fingerprint density at radius 1 is 0.778 bits per heavy atom. The van der Waals surface area contributed by atoms with Crippen molar-refractivity contribution in [1.82, 2.24) is 0 Å². The van der Waals surface area contributed by atoms with Crippen LogP contribution in [0.1, 0.15) is 39.5 Å². The maximum Gasteiger partial charge on any atom is 0.320 e. The topological polar surface area (TPSA) is 253 Å². The molecule has 0 fully saturated rings. The lowest BCUT2D eigenvalue weighted by atomic mass is 10.1. The van der Waals surface area contributed by atoms with E-state index in [2.05, 4.69) is 0 Å². The van der Waals surface area contributed by atoms with Gasteiger partial charge in [0.1, 0.15) is 18.1 Å². The third-order valence-electron chi connectivity index (χ3n) is 3.03. The zero-order chi connectivity index (χ0) is 22.2. The molecule has 12 nitrogen and oxygen atoms in total. The zero-order valence-electron chi connectivity index (χ0n) is 15.6. The van der Waals surface area contributed by atoms with Crippen molar-refractivity contribution in [1.29, 1.82) is 0 Å². The van der Waals surface area contributed by atoms with Crippen molar-refractivity contribution in [3.05, 3.63) is 0 Å². The Hall–Kier alpha value is -2.28. The first-order valence-corrected chi connectivity index (χ1v) is 8.14. The van der Waals surface area contributed by atoms with Gasteiger partial charge in [-0.2, -0.15) is 0 Å². The predicted molar refractivity (Wildman–Crippen MR) is 96.8 cm³/mol. The van der Waals surface area contributed by atoms with Crippen LogP contribution >= 0.6 is 0 Å². The van der Waals surface area contributed by atoms with E-state index in [4.69, 9.17) is 43.4 Å². The second-order valence-corrected chi connectivity index (χ2v) is 5.86. The summed E-state index contributed by atoms with van der Waals surface area (Å²) in [6, 6.07) is -2.51. The van der Waals surface area contributed by atoms with Gasteiger partial charge in [0.25, 0.3) is 0 Å². The van der Waals surface area contributed by atoms with Crippen molar-refractivity contribution in [2.24, 2.45) is 28.9 Å². The van der Waals surface area contributed by atoms with Gasteiger partial charge >= 0.3 is 23.9 Å². The van der Waals surface area contributed by atoms with E-state index in [-0.39, 0.29) is 18.8 Å². The minimum absolute atomic E-state index is 0.0208. The first-order valence-electron chi connectivity index (χ1n) is 8.14. The Morgan fingerprint density at radius 3 is 1.41 bits per heavy atom. The number of hydrogen-bond acceptors (Lipinski definition) is 8. The Balaban J connectivity index is -0.000000322. The average molecular weight is 396 g/mol. The van der Waals surface area contributed by atoms with Crippen LogP contribution < -0.4 is 22.9 Å². The molecule has 0 spiro atoms. The fourth-order valence-corrected chi connectivity index (χ4v) is 1.15. The number of carboxylic acid groups (broad SMARTS) is 4. The number of aliphatic carboxylic acids is 4. The van der Waals surface area contributed by atoms with E-state index in [1.807, 2.05) is 0 Å². The van der Waals surface area contributed by atoms with E-state index in [1.54, 1.807) is 13.8 Å². The van der Waals surface area contributed by atoms with E-state index in [0.29, 0.717) is 19.4 Å². The highest BCUT2D eigenvalue weighted by Crippen LogP contribution is 1.96.